The lowest BCUT2D eigenvalue weighted by atomic mass is 9.97. The number of carbonyl (C=O) groups is 2. The van der Waals surface area contributed by atoms with Crippen LogP contribution in [-0.4, -0.2) is 18.4 Å². The summed E-state index contributed by atoms with van der Waals surface area (Å²) in [6.45, 7) is 8.22. The van der Waals surface area contributed by atoms with Gasteiger partial charge in [-0.1, -0.05) is 54.1 Å². The SMILES string of the molecule is CCOc1ccccc1N1C(=O)C(Nc2ccccc2C)=C(c2ccc(C)cc2C)C1=O. The van der Waals surface area contributed by atoms with Crippen molar-refractivity contribution in [2.24, 2.45) is 0 Å². The van der Waals surface area contributed by atoms with E-state index < -0.39 is 5.91 Å². The standard InChI is InChI=1S/C27H26N2O3/c1-5-32-23-13-9-8-12-22(23)29-26(30)24(20-15-14-17(2)16-19(20)4)25(27(29)31)28-21-11-7-6-10-18(21)3/h6-16,28H,5H2,1-4H3. The summed E-state index contributed by atoms with van der Waals surface area (Å²) < 4.78 is 5.71. The Morgan fingerprint density at radius 2 is 1.56 bits per heavy atom. The van der Waals surface area contributed by atoms with Gasteiger partial charge in [-0.05, 0) is 62.6 Å². The number of imide groups is 1. The Balaban J connectivity index is 1.88. The van der Waals surface area contributed by atoms with Crippen LogP contribution in [-0.2, 0) is 9.59 Å². The van der Waals surface area contributed by atoms with Crippen LogP contribution in [0.3, 0.4) is 0 Å². The van der Waals surface area contributed by atoms with Crippen LogP contribution in [0.2, 0.25) is 0 Å². The molecule has 1 aliphatic rings. The number of para-hydroxylation sites is 3. The fourth-order valence-corrected chi connectivity index (χ4v) is 3.98. The molecule has 0 saturated heterocycles. The fourth-order valence-electron chi connectivity index (χ4n) is 3.98. The smallest absolute Gasteiger partial charge is 0.282 e. The van der Waals surface area contributed by atoms with Gasteiger partial charge in [0.1, 0.15) is 11.4 Å². The van der Waals surface area contributed by atoms with Gasteiger partial charge in [0, 0.05) is 5.69 Å². The Morgan fingerprint density at radius 3 is 2.28 bits per heavy atom. The molecule has 3 aromatic rings. The van der Waals surface area contributed by atoms with Crippen molar-refractivity contribution < 1.29 is 14.3 Å². The number of nitrogens with zero attached hydrogens (tertiary/aromatic N) is 1. The summed E-state index contributed by atoms with van der Waals surface area (Å²) in [5, 5.41) is 3.26. The first-order chi connectivity index (χ1) is 15.4. The number of aryl methyl sites for hydroxylation is 3. The second kappa shape index (κ2) is 8.71. The summed E-state index contributed by atoms with van der Waals surface area (Å²) in [4.78, 5) is 28.6. The van der Waals surface area contributed by atoms with Crippen molar-refractivity contribution >= 4 is 28.8 Å². The van der Waals surface area contributed by atoms with E-state index in [1.807, 2.05) is 76.2 Å². The molecule has 0 unspecified atom stereocenters. The Morgan fingerprint density at radius 1 is 0.844 bits per heavy atom. The number of rotatable bonds is 6. The zero-order chi connectivity index (χ0) is 22.8. The monoisotopic (exact) mass is 426 g/mol. The normalized spacial score (nSPS) is 13.7. The van der Waals surface area contributed by atoms with Crippen LogP contribution in [0.15, 0.2) is 72.4 Å². The fraction of sp³-hybridized carbons (Fsp3) is 0.185. The van der Waals surface area contributed by atoms with E-state index in [2.05, 4.69) is 5.32 Å². The minimum atomic E-state index is -0.402. The van der Waals surface area contributed by atoms with Crippen LogP contribution in [0, 0.1) is 20.8 Å². The second-order valence-corrected chi connectivity index (χ2v) is 7.85. The number of ether oxygens (including phenoxy) is 1. The molecule has 1 N–H and O–H groups in total. The van der Waals surface area contributed by atoms with Crippen molar-refractivity contribution in [1.82, 2.24) is 0 Å². The van der Waals surface area contributed by atoms with Gasteiger partial charge in [-0.2, -0.15) is 0 Å². The molecule has 0 atom stereocenters. The van der Waals surface area contributed by atoms with E-state index in [1.54, 1.807) is 18.2 Å². The van der Waals surface area contributed by atoms with Crippen LogP contribution in [0.25, 0.3) is 5.57 Å². The predicted molar refractivity (Wildman–Crippen MR) is 128 cm³/mol. The first kappa shape index (κ1) is 21.4. The largest absolute Gasteiger partial charge is 0.492 e. The lowest BCUT2D eigenvalue weighted by Gasteiger charge is -2.19. The molecule has 32 heavy (non-hydrogen) atoms. The van der Waals surface area contributed by atoms with Gasteiger partial charge in [-0.3, -0.25) is 9.59 Å². The molecule has 0 aromatic heterocycles. The summed E-state index contributed by atoms with van der Waals surface area (Å²) in [5.41, 5.74) is 5.60. The maximum Gasteiger partial charge on any atom is 0.282 e. The number of nitrogens with one attached hydrogen (secondary N) is 1. The van der Waals surface area contributed by atoms with E-state index in [1.165, 1.54) is 4.90 Å². The van der Waals surface area contributed by atoms with Gasteiger partial charge in [-0.25, -0.2) is 4.90 Å². The quantitative estimate of drug-likeness (QED) is 0.536. The maximum absolute atomic E-state index is 13.7. The average Bonchev–Trinajstić information content (AvgIpc) is 3.00. The van der Waals surface area contributed by atoms with Gasteiger partial charge in [-0.15, -0.1) is 0 Å². The van der Waals surface area contributed by atoms with Gasteiger partial charge in [0.05, 0.1) is 17.9 Å². The molecule has 0 spiro atoms. The molecule has 1 aliphatic heterocycles. The molecule has 0 saturated carbocycles. The van der Waals surface area contributed by atoms with Crippen molar-refractivity contribution in [3.63, 3.8) is 0 Å². The number of anilines is 2. The molecule has 5 nitrogen and oxygen atoms in total. The molecule has 2 amide bonds. The Kier molecular flexibility index (Phi) is 5.82. The van der Waals surface area contributed by atoms with Crippen LogP contribution in [0.4, 0.5) is 11.4 Å². The molecule has 0 fully saturated rings. The third-order valence-electron chi connectivity index (χ3n) is 5.55. The molecule has 5 heteroatoms. The number of carbonyl (C=O) groups excluding carboxylic acids is 2. The van der Waals surface area contributed by atoms with Gasteiger partial charge in [0.15, 0.2) is 0 Å². The zero-order valence-electron chi connectivity index (χ0n) is 18.7. The highest BCUT2D eigenvalue weighted by Gasteiger charge is 2.42. The second-order valence-electron chi connectivity index (χ2n) is 7.85. The number of hydrogen-bond acceptors (Lipinski definition) is 4. The lowest BCUT2D eigenvalue weighted by molar-refractivity contribution is -0.120. The first-order valence-corrected chi connectivity index (χ1v) is 10.7. The first-order valence-electron chi connectivity index (χ1n) is 10.7. The molecular formula is C27H26N2O3. The molecular weight excluding hydrogens is 400 g/mol. The molecule has 162 valence electrons. The molecule has 4 rings (SSSR count). The summed E-state index contributed by atoms with van der Waals surface area (Å²) in [7, 11) is 0. The lowest BCUT2D eigenvalue weighted by Crippen LogP contribution is -2.32. The van der Waals surface area contributed by atoms with Crippen LogP contribution in [0.5, 0.6) is 5.75 Å². The van der Waals surface area contributed by atoms with Crippen molar-refractivity contribution in [1.29, 1.82) is 0 Å². The van der Waals surface area contributed by atoms with Gasteiger partial charge in [0.25, 0.3) is 11.8 Å². The minimum Gasteiger partial charge on any atom is -0.492 e. The summed E-state index contributed by atoms with van der Waals surface area (Å²) in [6.07, 6.45) is 0. The van der Waals surface area contributed by atoms with Gasteiger partial charge < -0.3 is 10.1 Å². The number of amides is 2. The number of hydrogen-bond donors (Lipinski definition) is 1. The Labute approximate surface area is 188 Å². The maximum atomic E-state index is 13.7. The van der Waals surface area contributed by atoms with E-state index >= 15 is 0 Å². The van der Waals surface area contributed by atoms with Gasteiger partial charge >= 0.3 is 0 Å². The molecule has 3 aromatic carbocycles. The highest BCUT2D eigenvalue weighted by atomic mass is 16.5. The van der Waals surface area contributed by atoms with Crippen LogP contribution in [0.1, 0.15) is 29.2 Å². The Hall–Kier alpha value is -3.86. The van der Waals surface area contributed by atoms with Crippen molar-refractivity contribution in [3.05, 3.63) is 94.7 Å². The van der Waals surface area contributed by atoms with Crippen molar-refractivity contribution in [2.75, 3.05) is 16.8 Å². The molecule has 1 heterocycles. The van der Waals surface area contributed by atoms with Gasteiger partial charge in [0.2, 0.25) is 0 Å². The third kappa shape index (κ3) is 3.78. The zero-order valence-corrected chi connectivity index (χ0v) is 18.7. The van der Waals surface area contributed by atoms with Crippen molar-refractivity contribution in [2.45, 2.75) is 27.7 Å². The van der Waals surface area contributed by atoms with E-state index in [4.69, 9.17) is 4.74 Å². The highest BCUT2D eigenvalue weighted by Crippen LogP contribution is 2.39. The average molecular weight is 427 g/mol. The van der Waals surface area contributed by atoms with E-state index in [9.17, 15) is 9.59 Å². The van der Waals surface area contributed by atoms with E-state index in [0.29, 0.717) is 23.6 Å². The highest BCUT2D eigenvalue weighted by molar-refractivity contribution is 6.46. The van der Waals surface area contributed by atoms with Crippen LogP contribution < -0.4 is 15.0 Å². The topological polar surface area (TPSA) is 58.6 Å². The summed E-state index contributed by atoms with van der Waals surface area (Å²) >= 11 is 0. The Bertz CT molecular complexity index is 1240. The molecule has 0 bridgehead atoms. The molecule has 0 radical (unpaired) electrons. The minimum absolute atomic E-state index is 0.266. The van der Waals surface area contributed by atoms with Crippen molar-refractivity contribution in [3.8, 4) is 5.75 Å². The van der Waals surface area contributed by atoms with E-state index in [0.717, 1.165) is 27.9 Å². The number of benzene rings is 3. The predicted octanol–water partition coefficient (Wildman–Crippen LogP) is 5.41. The molecule has 0 aliphatic carbocycles. The van der Waals surface area contributed by atoms with E-state index in [-0.39, 0.29) is 11.6 Å². The van der Waals surface area contributed by atoms with Crippen LogP contribution >= 0.6 is 0 Å². The summed E-state index contributed by atoms with van der Waals surface area (Å²) in [5.74, 6) is -0.278. The third-order valence-corrected chi connectivity index (χ3v) is 5.55. The summed E-state index contributed by atoms with van der Waals surface area (Å²) in [6, 6.07) is 20.7.